The summed E-state index contributed by atoms with van der Waals surface area (Å²) in [5.74, 6) is 0. The zero-order chi connectivity index (χ0) is 17.2. The van der Waals surface area contributed by atoms with E-state index in [1.54, 1.807) is 0 Å². The van der Waals surface area contributed by atoms with E-state index in [1.807, 2.05) is 0 Å². The van der Waals surface area contributed by atoms with Crippen LogP contribution in [0.3, 0.4) is 0 Å². The lowest BCUT2D eigenvalue weighted by atomic mass is 9.91. The largest absolute Gasteiger partial charge is 0.235 e. The molecule has 0 bridgehead atoms. The number of hydrogen-bond donors (Lipinski definition) is 0. The van der Waals surface area contributed by atoms with Crippen molar-refractivity contribution < 1.29 is 9.15 Å². The number of likely N-dealkylation sites (N-methyl/N-ethyl adjacent to an activating group) is 2. The topological polar surface area (TPSA) is 6.02 Å². The third-order valence-corrected chi connectivity index (χ3v) is 5.84. The highest BCUT2D eigenvalue weighted by Gasteiger charge is 2.25. The molecule has 0 saturated carbocycles. The molecule has 0 amide bonds. The number of rotatable bonds is 4. The van der Waals surface area contributed by atoms with Gasteiger partial charge in [-0.2, -0.15) is 0 Å². The van der Waals surface area contributed by atoms with Gasteiger partial charge in [0.15, 0.2) is 11.4 Å². The number of nitrogens with zero attached hydrogens (tertiary/aromatic N) is 2. The Kier molecular flexibility index (Phi) is 4.52. The fourth-order valence-electron chi connectivity index (χ4n) is 4.37. The van der Waals surface area contributed by atoms with Crippen molar-refractivity contribution in [3.05, 3.63) is 70.8 Å². The predicted molar refractivity (Wildman–Crippen MR) is 104 cm³/mol. The van der Waals surface area contributed by atoms with Crippen LogP contribution in [-0.4, -0.2) is 47.8 Å². The maximum atomic E-state index is 2.46. The highest BCUT2D eigenvalue weighted by atomic mass is 15.0. The van der Waals surface area contributed by atoms with Gasteiger partial charge in [0.1, 0.15) is 27.2 Å². The average molecular weight is 332 g/mol. The summed E-state index contributed by atoms with van der Waals surface area (Å²) in [6, 6.07) is 17.9. The highest BCUT2D eigenvalue weighted by molar-refractivity contribution is 6.00. The fraction of sp³-hybridized carbons (Fsp3) is 0.391. The molecule has 0 N–H and O–H groups in total. The molecule has 0 aromatic heterocycles. The Balaban J connectivity index is 1.51. The molecule has 2 aliphatic rings. The van der Waals surface area contributed by atoms with Crippen LogP contribution in [0.4, 0.5) is 0 Å². The summed E-state index contributed by atoms with van der Waals surface area (Å²) in [6.07, 6.45) is 5.87. The van der Waals surface area contributed by atoms with Crippen molar-refractivity contribution in [1.82, 2.24) is 0 Å². The van der Waals surface area contributed by atoms with Gasteiger partial charge in [-0.05, 0) is 29.7 Å². The van der Waals surface area contributed by atoms with E-state index in [-0.39, 0.29) is 0 Å². The van der Waals surface area contributed by atoms with Crippen molar-refractivity contribution in [3.63, 3.8) is 0 Å². The Morgan fingerprint density at radius 3 is 1.60 bits per heavy atom. The first kappa shape index (κ1) is 16.3. The van der Waals surface area contributed by atoms with Gasteiger partial charge in [-0.3, -0.25) is 0 Å². The third kappa shape index (κ3) is 3.18. The van der Waals surface area contributed by atoms with Crippen molar-refractivity contribution in [2.45, 2.75) is 32.1 Å². The Hall–Kier alpha value is -2.22. The van der Waals surface area contributed by atoms with E-state index >= 15 is 0 Å². The van der Waals surface area contributed by atoms with Crippen LogP contribution in [0.15, 0.2) is 48.5 Å². The van der Waals surface area contributed by atoms with Crippen LogP contribution >= 0.6 is 0 Å². The Bertz CT molecular complexity index is 786. The van der Waals surface area contributed by atoms with E-state index < -0.39 is 0 Å². The fourth-order valence-corrected chi connectivity index (χ4v) is 4.37. The lowest BCUT2D eigenvalue weighted by Crippen LogP contribution is -2.29. The van der Waals surface area contributed by atoms with Crippen molar-refractivity contribution in [2.24, 2.45) is 0 Å². The van der Waals surface area contributed by atoms with Gasteiger partial charge in [-0.15, -0.1) is 0 Å². The quantitative estimate of drug-likeness (QED) is 0.756. The van der Waals surface area contributed by atoms with Gasteiger partial charge in [0.2, 0.25) is 0 Å². The molecule has 0 fully saturated rings. The lowest BCUT2D eigenvalue weighted by Gasteiger charge is -2.18. The Morgan fingerprint density at radius 2 is 1.12 bits per heavy atom. The van der Waals surface area contributed by atoms with E-state index in [0.717, 1.165) is 25.9 Å². The van der Waals surface area contributed by atoms with Crippen LogP contribution < -0.4 is 0 Å². The summed E-state index contributed by atoms with van der Waals surface area (Å²) in [5, 5.41) is 0. The number of benzene rings is 2. The molecule has 0 aliphatic carbocycles. The van der Waals surface area contributed by atoms with E-state index in [0.29, 0.717) is 0 Å². The Morgan fingerprint density at radius 1 is 0.680 bits per heavy atom. The van der Waals surface area contributed by atoms with Crippen LogP contribution in [-0.2, 0) is 12.8 Å². The van der Waals surface area contributed by atoms with E-state index in [9.17, 15) is 0 Å². The maximum Gasteiger partial charge on any atom is 0.183 e. The summed E-state index contributed by atoms with van der Waals surface area (Å²) in [7, 11) is 4.50. The molecule has 2 aromatic rings. The molecule has 0 saturated heterocycles. The predicted octanol–water partition coefficient (Wildman–Crippen LogP) is 3.53. The monoisotopic (exact) mass is 332 g/mol. The first-order chi connectivity index (χ1) is 12.2. The molecule has 4 rings (SSSR count). The van der Waals surface area contributed by atoms with Gasteiger partial charge in [-0.1, -0.05) is 36.4 Å². The molecule has 2 heterocycles. The van der Waals surface area contributed by atoms with Gasteiger partial charge in [0.25, 0.3) is 0 Å². The van der Waals surface area contributed by atoms with E-state index in [1.165, 1.54) is 52.9 Å². The van der Waals surface area contributed by atoms with Crippen molar-refractivity contribution in [3.8, 4) is 0 Å². The van der Waals surface area contributed by atoms with Crippen molar-refractivity contribution in [2.75, 3.05) is 27.2 Å². The van der Waals surface area contributed by atoms with Gasteiger partial charge < -0.3 is 0 Å². The average Bonchev–Trinajstić information content (AvgIpc) is 2.65. The second kappa shape index (κ2) is 6.95. The zero-order valence-corrected chi connectivity index (χ0v) is 15.5. The number of hydrogen-bond acceptors (Lipinski definition) is 0. The van der Waals surface area contributed by atoms with Crippen LogP contribution in [0, 0.1) is 0 Å². The molecule has 0 unspecified atom stereocenters. The molecule has 0 spiro atoms. The molecular weight excluding hydrogens is 304 g/mol. The molecule has 25 heavy (non-hydrogen) atoms. The second-order valence-electron chi connectivity index (χ2n) is 7.40. The summed E-state index contributed by atoms with van der Waals surface area (Å²) < 4.78 is 4.93. The molecule has 0 radical (unpaired) electrons. The van der Waals surface area contributed by atoms with E-state index in [2.05, 4.69) is 71.8 Å². The zero-order valence-electron chi connectivity index (χ0n) is 15.5. The molecule has 2 aromatic carbocycles. The van der Waals surface area contributed by atoms with Crippen LogP contribution in [0.5, 0.6) is 0 Å². The molecule has 2 nitrogen and oxygen atoms in total. The molecule has 128 valence electrons. The molecule has 2 heteroatoms. The SMILES string of the molecule is C[N+]1=C(CCCC2=[N+](C)CCc3ccccc32)c2ccccc2CC1. The number of fused-ring (bicyclic) bond motifs is 2. The van der Waals surface area contributed by atoms with Crippen LogP contribution in [0.1, 0.15) is 41.5 Å². The van der Waals surface area contributed by atoms with Gasteiger partial charge in [-0.25, -0.2) is 9.15 Å². The normalized spacial score (nSPS) is 16.7. The van der Waals surface area contributed by atoms with E-state index in [4.69, 9.17) is 0 Å². The summed E-state index contributed by atoms with van der Waals surface area (Å²) in [6.45, 7) is 2.29. The maximum absolute atomic E-state index is 2.46. The van der Waals surface area contributed by atoms with Gasteiger partial charge in [0.05, 0.1) is 0 Å². The minimum Gasteiger partial charge on any atom is -0.235 e. The van der Waals surface area contributed by atoms with Gasteiger partial charge >= 0.3 is 0 Å². The third-order valence-electron chi connectivity index (χ3n) is 5.84. The molecular formula is C23H28N2+2. The highest BCUT2D eigenvalue weighted by Crippen LogP contribution is 2.21. The smallest absolute Gasteiger partial charge is 0.183 e. The van der Waals surface area contributed by atoms with Gasteiger partial charge in [0, 0.05) is 36.8 Å². The van der Waals surface area contributed by atoms with Crippen molar-refractivity contribution in [1.29, 1.82) is 0 Å². The summed E-state index contributed by atoms with van der Waals surface area (Å²) in [5.41, 5.74) is 9.02. The first-order valence-electron chi connectivity index (χ1n) is 9.54. The first-order valence-corrected chi connectivity index (χ1v) is 9.54. The summed E-state index contributed by atoms with van der Waals surface area (Å²) in [4.78, 5) is 0. The van der Waals surface area contributed by atoms with Crippen LogP contribution in [0.2, 0.25) is 0 Å². The molecule has 0 atom stereocenters. The minimum atomic E-state index is 1.14. The molecule has 2 aliphatic heterocycles. The van der Waals surface area contributed by atoms with Crippen molar-refractivity contribution >= 4 is 11.4 Å². The lowest BCUT2D eigenvalue weighted by molar-refractivity contribution is -0.499. The second-order valence-corrected chi connectivity index (χ2v) is 7.40. The van der Waals surface area contributed by atoms with Crippen LogP contribution in [0.25, 0.3) is 0 Å². The standard InChI is InChI=1S/C23H28N2/c1-24-16-14-18-8-3-5-10-20(18)22(24)12-7-13-23-21-11-6-4-9-19(21)15-17-25(23)2/h3-6,8-11H,7,12-17H2,1-2H3/q+2. The Labute approximate surface area is 151 Å². The summed E-state index contributed by atoms with van der Waals surface area (Å²) >= 11 is 0. The minimum absolute atomic E-state index is 1.14.